The number of allylic oxidation sites excluding steroid dienone is 4. The van der Waals surface area contributed by atoms with Gasteiger partial charge in [-0.15, -0.1) is 0 Å². The van der Waals surface area contributed by atoms with Crippen molar-refractivity contribution in [2.75, 3.05) is 0 Å². The van der Waals surface area contributed by atoms with Gasteiger partial charge in [-0.3, -0.25) is 0 Å². The van der Waals surface area contributed by atoms with Crippen LogP contribution >= 0.6 is 0 Å². The quantitative estimate of drug-likeness (QED) is 0.307. The molecule has 2 unspecified atom stereocenters. The molecule has 4 N–H and O–H groups in total. The lowest BCUT2D eigenvalue weighted by atomic mass is 10.0. The predicted octanol–water partition coefficient (Wildman–Crippen LogP) is 5.96. The first-order valence-electron chi connectivity index (χ1n) is 10.2. The van der Waals surface area contributed by atoms with Crippen LogP contribution in [-0.4, -0.2) is 21.4 Å². The normalized spacial score (nSPS) is 16.8. The van der Waals surface area contributed by atoms with Gasteiger partial charge in [-0.05, 0) is 29.3 Å². The van der Waals surface area contributed by atoms with E-state index in [4.69, 9.17) is 0 Å². The van der Waals surface area contributed by atoms with Gasteiger partial charge in [0.2, 0.25) is 0 Å². The van der Waals surface area contributed by atoms with Crippen LogP contribution in [-0.2, 0) is 6.18 Å². The summed E-state index contributed by atoms with van der Waals surface area (Å²) >= 11 is 0. The number of alkyl halides is 3. The lowest BCUT2D eigenvalue weighted by Crippen LogP contribution is -2.21. The molecule has 2 aromatic carbocycles. The lowest BCUT2D eigenvalue weighted by Gasteiger charge is -2.20. The van der Waals surface area contributed by atoms with Crippen molar-refractivity contribution in [2.45, 2.75) is 24.8 Å². The van der Waals surface area contributed by atoms with E-state index in [1.54, 1.807) is 6.08 Å². The van der Waals surface area contributed by atoms with E-state index in [1.165, 1.54) is 11.6 Å². The zero-order valence-corrected chi connectivity index (χ0v) is 18.1. The second kappa shape index (κ2) is 12.6. The van der Waals surface area contributed by atoms with E-state index in [1.807, 2.05) is 36.4 Å². The maximum atomic E-state index is 13.5. The van der Waals surface area contributed by atoms with Crippen LogP contribution in [0.3, 0.4) is 0 Å². The number of dihydropyridines is 1. The van der Waals surface area contributed by atoms with Gasteiger partial charge < -0.3 is 20.6 Å². The molecule has 0 aromatic heterocycles. The SMILES string of the molecule is C=C/C=C\C=C\c1ccccc1.OC1=CNC(CC(O)c2ccc(C(F)(F)F)c(F)c2)=CC1O. The zero-order valence-electron chi connectivity index (χ0n) is 18.1. The van der Waals surface area contributed by atoms with Crippen molar-refractivity contribution in [2.24, 2.45) is 0 Å². The standard InChI is InChI=1S/C14H13F4NO3.C12H12/c15-10-3-7(1-2-9(10)14(16,17)18)11(20)4-8-5-12(21)13(22)6-19-8;1-2-3-4-6-9-12-10-7-5-8-11-12/h1-3,5-6,11-12,19-22H,4H2;2-11H,1H2/b;4-3-,9-6+. The molecule has 1 heterocycles. The molecule has 8 heteroatoms. The Morgan fingerprint density at radius 3 is 2.35 bits per heavy atom. The second-order valence-electron chi connectivity index (χ2n) is 7.20. The smallest absolute Gasteiger partial charge is 0.419 e. The van der Waals surface area contributed by atoms with Gasteiger partial charge >= 0.3 is 6.18 Å². The number of hydrogen-bond acceptors (Lipinski definition) is 4. The summed E-state index contributed by atoms with van der Waals surface area (Å²) < 4.78 is 50.8. The van der Waals surface area contributed by atoms with E-state index in [0.29, 0.717) is 17.8 Å². The van der Waals surface area contributed by atoms with Crippen molar-refractivity contribution in [3.05, 3.63) is 126 Å². The van der Waals surface area contributed by atoms with E-state index in [9.17, 15) is 32.9 Å². The molecule has 180 valence electrons. The Bertz CT molecular complexity index is 1070. The Labute approximate surface area is 195 Å². The van der Waals surface area contributed by atoms with Crippen molar-refractivity contribution in [1.82, 2.24) is 5.32 Å². The Balaban J connectivity index is 0.000000287. The minimum Gasteiger partial charge on any atom is -0.508 e. The fourth-order valence-corrected chi connectivity index (χ4v) is 2.87. The lowest BCUT2D eigenvalue weighted by molar-refractivity contribution is -0.140. The largest absolute Gasteiger partial charge is 0.508 e. The Morgan fingerprint density at radius 2 is 1.76 bits per heavy atom. The molecule has 34 heavy (non-hydrogen) atoms. The van der Waals surface area contributed by atoms with Crippen LogP contribution in [0, 0.1) is 5.82 Å². The molecule has 0 radical (unpaired) electrons. The molecule has 1 aliphatic rings. The molecule has 0 aliphatic carbocycles. The molecule has 0 saturated carbocycles. The Kier molecular flexibility index (Phi) is 9.85. The summed E-state index contributed by atoms with van der Waals surface area (Å²) in [5, 5.41) is 31.1. The Morgan fingerprint density at radius 1 is 1.06 bits per heavy atom. The van der Waals surface area contributed by atoms with Crippen molar-refractivity contribution >= 4 is 6.08 Å². The molecule has 0 saturated heterocycles. The summed E-state index contributed by atoms with van der Waals surface area (Å²) in [5.41, 5.74) is 0.132. The van der Waals surface area contributed by atoms with Crippen LogP contribution in [0.4, 0.5) is 17.6 Å². The van der Waals surface area contributed by atoms with Crippen LogP contribution in [0.25, 0.3) is 6.08 Å². The summed E-state index contributed by atoms with van der Waals surface area (Å²) in [5.74, 6) is -1.77. The molecule has 3 rings (SSSR count). The fourth-order valence-electron chi connectivity index (χ4n) is 2.87. The van der Waals surface area contributed by atoms with E-state index in [2.05, 4.69) is 30.1 Å². The highest BCUT2D eigenvalue weighted by atomic mass is 19.4. The van der Waals surface area contributed by atoms with Crippen LogP contribution < -0.4 is 5.32 Å². The summed E-state index contributed by atoms with van der Waals surface area (Å²) in [6.45, 7) is 3.58. The molecule has 4 nitrogen and oxygen atoms in total. The highest BCUT2D eigenvalue weighted by molar-refractivity contribution is 5.50. The number of rotatable bonds is 6. The second-order valence-corrected chi connectivity index (χ2v) is 7.20. The summed E-state index contributed by atoms with van der Waals surface area (Å²) in [6.07, 6.45) is 4.65. The van der Waals surface area contributed by atoms with E-state index < -0.39 is 29.8 Å². The number of nitrogens with one attached hydrogen (secondary N) is 1. The first-order valence-corrected chi connectivity index (χ1v) is 10.2. The van der Waals surface area contributed by atoms with Crippen molar-refractivity contribution in [3.63, 3.8) is 0 Å². The van der Waals surface area contributed by atoms with Crippen molar-refractivity contribution in [1.29, 1.82) is 0 Å². The summed E-state index contributed by atoms with van der Waals surface area (Å²) in [6, 6.07) is 12.4. The molecule has 2 atom stereocenters. The molecular weight excluding hydrogens is 450 g/mol. The number of benzene rings is 2. The van der Waals surface area contributed by atoms with Crippen molar-refractivity contribution < 1.29 is 32.9 Å². The van der Waals surface area contributed by atoms with Gasteiger partial charge in [0.25, 0.3) is 0 Å². The average Bonchev–Trinajstić information content (AvgIpc) is 2.79. The van der Waals surface area contributed by atoms with Crippen molar-refractivity contribution in [3.8, 4) is 0 Å². The van der Waals surface area contributed by atoms with Gasteiger partial charge in [-0.2, -0.15) is 13.2 Å². The average molecular weight is 475 g/mol. The van der Waals surface area contributed by atoms with Gasteiger partial charge in [-0.25, -0.2) is 4.39 Å². The zero-order chi connectivity index (χ0) is 25.1. The third-order valence-electron chi connectivity index (χ3n) is 4.61. The molecule has 0 amide bonds. The van der Waals surface area contributed by atoms with E-state index in [0.717, 1.165) is 12.3 Å². The number of halogens is 4. The van der Waals surface area contributed by atoms with Crippen LogP contribution in [0.1, 0.15) is 29.2 Å². The minimum absolute atomic E-state index is 0.0264. The first kappa shape index (κ1) is 26.6. The number of aliphatic hydroxyl groups excluding tert-OH is 3. The molecule has 0 bridgehead atoms. The van der Waals surface area contributed by atoms with Gasteiger partial charge in [0.15, 0.2) is 0 Å². The van der Waals surface area contributed by atoms with E-state index in [-0.39, 0.29) is 17.7 Å². The number of aliphatic hydroxyl groups is 3. The fraction of sp³-hybridized carbons (Fsp3) is 0.154. The maximum Gasteiger partial charge on any atom is 0.419 e. The Hall–Kier alpha value is -3.62. The summed E-state index contributed by atoms with van der Waals surface area (Å²) in [4.78, 5) is 0. The molecule has 2 aromatic rings. The van der Waals surface area contributed by atoms with Gasteiger partial charge in [0, 0.05) is 18.3 Å². The van der Waals surface area contributed by atoms with Crippen LogP contribution in [0.5, 0.6) is 0 Å². The summed E-state index contributed by atoms with van der Waals surface area (Å²) in [7, 11) is 0. The molecule has 0 spiro atoms. The third-order valence-corrected chi connectivity index (χ3v) is 4.61. The van der Waals surface area contributed by atoms with Gasteiger partial charge in [-0.1, -0.05) is 73.4 Å². The topological polar surface area (TPSA) is 72.7 Å². The molecule has 1 aliphatic heterocycles. The third kappa shape index (κ3) is 8.38. The number of hydrogen-bond donors (Lipinski definition) is 4. The molecule has 0 fully saturated rings. The van der Waals surface area contributed by atoms with Gasteiger partial charge in [0.05, 0.1) is 11.7 Å². The highest BCUT2D eigenvalue weighted by Crippen LogP contribution is 2.33. The van der Waals surface area contributed by atoms with E-state index >= 15 is 0 Å². The van der Waals surface area contributed by atoms with Crippen LogP contribution in [0.15, 0.2) is 103 Å². The predicted molar refractivity (Wildman–Crippen MR) is 124 cm³/mol. The van der Waals surface area contributed by atoms with Crippen LogP contribution in [0.2, 0.25) is 0 Å². The minimum atomic E-state index is -4.80. The first-order chi connectivity index (χ1) is 16.1. The monoisotopic (exact) mass is 475 g/mol. The highest BCUT2D eigenvalue weighted by Gasteiger charge is 2.34. The van der Waals surface area contributed by atoms with Gasteiger partial charge in [0.1, 0.15) is 17.7 Å². The maximum absolute atomic E-state index is 13.5. The molecular formula is C26H25F4NO3.